The summed E-state index contributed by atoms with van der Waals surface area (Å²) in [5.41, 5.74) is 0.823. The van der Waals surface area contributed by atoms with Crippen LogP contribution in [0.2, 0.25) is 0 Å². The zero-order chi connectivity index (χ0) is 19.1. The van der Waals surface area contributed by atoms with Gasteiger partial charge in [-0.2, -0.15) is 0 Å². The second-order valence-corrected chi connectivity index (χ2v) is 7.08. The zero-order valence-electron chi connectivity index (χ0n) is 15.6. The van der Waals surface area contributed by atoms with Crippen LogP contribution in [-0.4, -0.2) is 60.3 Å². The van der Waals surface area contributed by atoms with Gasteiger partial charge in [0.05, 0.1) is 19.3 Å². The van der Waals surface area contributed by atoms with E-state index in [1.807, 2.05) is 29.2 Å². The van der Waals surface area contributed by atoms with E-state index in [0.29, 0.717) is 51.2 Å². The summed E-state index contributed by atoms with van der Waals surface area (Å²) in [7, 11) is 0. The summed E-state index contributed by atoms with van der Waals surface area (Å²) in [4.78, 5) is 25.8. The first-order valence-corrected chi connectivity index (χ1v) is 9.67. The van der Waals surface area contributed by atoms with Crippen LogP contribution in [0.3, 0.4) is 0 Å². The van der Waals surface area contributed by atoms with Crippen molar-refractivity contribution in [1.82, 2.24) is 10.2 Å². The average molecular weight is 376 g/mol. The van der Waals surface area contributed by atoms with Crippen molar-refractivity contribution in [1.29, 1.82) is 0 Å². The number of nitrogens with one attached hydrogen (secondary N) is 1. The van der Waals surface area contributed by atoms with Crippen LogP contribution in [0, 0.1) is 0 Å². The van der Waals surface area contributed by atoms with E-state index in [-0.39, 0.29) is 30.6 Å². The molecule has 2 N–H and O–H groups in total. The summed E-state index contributed by atoms with van der Waals surface area (Å²) in [5, 5.41) is 12.2. The summed E-state index contributed by atoms with van der Waals surface area (Å²) in [5.74, 6) is 0.868. The highest BCUT2D eigenvalue weighted by molar-refractivity contribution is 5.78. The average Bonchev–Trinajstić information content (AvgIpc) is 3.09. The number of carbonyl (C=O) groups excluding carboxylic acids is 2. The fraction of sp³-hybridized carbons (Fsp3) is 0.600. The van der Waals surface area contributed by atoms with Crippen molar-refractivity contribution >= 4 is 11.8 Å². The first kappa shape index (κ1) is 19.6. The standard InChI is InChI=1S/C20H28N2O5/c23-13-15-5-7-16(8-6-15)27-18-14-26-12-9-17(18)21-19(24)3-1-10-22-11-2-4-20(22)25/h5-8,17-18,23H,1-4,9-14H2,(H,21,24). The molecule has 7 heteroatoms. The third-order valence-corrected chi connectivity index (χ3v) is 5.05. The number of carbonyl (C=O) groups is 2. The van der Waals surface area contributed by atoms with Gasteiger partial charge in [0, 0.05) is 32.5 Å². The zero-order valence-corrected chi connectivity index (χ0v) is 15.6. The van der Waals surface area contributed by atoms with E-state index in [0.717, 1.165) is 18.5 Å². The quantitative estimate of drug-likeness (QED) is 0.713. The van der Waals surface area contributed by atoms with Gasteiger partial charge in [-0.15, -0.1) is 0 Å². The van der Waals surface area contributed by atoms with Crippen LogP contribution in [0.5, 0.6) is 5.75 Å². The smallest absolute Gasteiger partial charge is 0.222 e. The SMILES string of the molecule is O=C(CCCN1CCCC1=O)NC1CCOCC1Oc1ccc(CO)cc1. The summed E-state index contributed by atoms with van der Waals surface area (Å²) >= 11 is 0. The van der Waals surface area contributed by atoms with Gasteiger partial charge in [0.15, 0.2) is 0 Å². The number of benzene rings is 1. The molecule has 2 saturated heterocycles. The molecule has 1 aromatic rings. The Bertz CT molecular complexity index is 634. The van der Waals surface area contributed by atoms with Crippen LogP contribution in [0.1, 0.15) is 37.7 Å². The van der Waals surface area contributed by atoms with Crippen LogP contribution >= 0.6 is 0 Å². The molecule has 2 heterocycles. The van der Waals surface area contributed by atoms with Gasteiger partial charge in [-0.05, 0) is 37.0 Å². The normalized spacial score (nSPS) is 22.7. The Morgan fingerprint density at radius 2 is 2.15 bits per heavy atom. The van der Waals surface area contributed by atoms with E-state index in [1.165, 1.54) is 0 Å². The molecule has 0 aromatic heterocycles. The van der Waals surface area contributed by atoms with Gasteiger partial charge < -0.3 is 24.8 Å². The maximum Gasteiger partial charge on any atom is 0.222 e. The van der Waals surface area contributed by atoms with Crippen LogP contribution in [-0.2, 0) is 20.9 Å². The molecule has 2 atom stereocenters. The summed E-state index contributed by atoms with van der Waals surface area (Å²) in [6, 6.07) is 7.15. The molecular formula is C20H28N2O5. The number of aliphatic hydroxyl groups excluding tert-OH is 1. The molecule has 148 valence electrons. The molecule has 0 spiro atoms. The summed E-state index contributed by atoms with van der Waals surface area (Å²) in [6.07, 6.45) is 3.09. The molecule has 2 amide bonds. The number of ether oxygens (including phenoxy) is 2. The van der Waals surface area contributed by atoms with Crippen molar-refractivity contribution in [3.05, 3.63) is 29.8 Å². The lowest BCUT2D eigenvalue weighted by Crippen LogP contribution is -2.51. The molecule has 7 nitrogen and oxygen atoms in total. The predicted octanol–water partition coefficient (Wildman–Crippen LogP) is 1.23. The van der Waals surface area contributed by atoms with Gasteiger partial charge in [-0.25, -0.2) is 0 Å². The van der Waals surface area contributed by atoms with Crippen molar-refractivity contribution in [2.75, 3.05) is 26.3 Å². The molecule has 0 bridgehead atoms. The molecule has 2 aliphatic heterocycles. The summed E-state index contributed by atoms with van der Waals surface area (Å²) < 4.78 is 11.5. The number of rotatable bonds is 8. The Labute approximate surface area is 159 Å². The van der Waals surface area contributed by atoms with Crippen LogP contribution in [0.15, 0.2) is 24.3 Å². The minimum Gasteiger partial charge on any atom is -0.486 e. The van der Waals surface area contributed by atoms with Crippen LogP contribution < -0.4 is 10.1 Å². The second kappa shape index (κ2) is 9.71. The Hall–Kier alpha value is -2.12. The van der Waals surface area contributed by atoms with E-state index >= 15 is 0 Å². The van der Waals surface area contributed by atoms with Gasteiger partial charge in [0.25, 0.3) is 0 Å². The highest BCUT2D eigenvalue weighted by Gasteiger charge is 2.29. The first-order valence-electron chi connectivity index (χ1n) is 9.67. The van der Waals surface area contributed by atoms with Crippen molar-refractivity contribution in [3.63, 3.8) is 0 Å². The number of amides is 2. The van der Waals surface area contributed by atoms with Crippen molar-refractivity contribution in [2.45, 2.75) is 50.9 Å². The summed E-state index contributed by atoms with van der Waals surface area (Å²) in [6.45, 7) is 2.47. The van der Waals surface area contributed by atoms with E-state index in [4.69, 9.17) is 14.6 Å². The maximum atomic E-state index is 12.3. The topological polar surface area (TPSA) is 88.1 Å². The van der Waals surface area contributed by atoms with Gasteiger partial charge in [-0.1, -0.05) is 12.1 Å². The molecule has 0 radical (unpaired) electrons. The third kappa shape index (κ3) is 5.68. The molecule has 3 rings (SSSR count). The monoisotopic (exact) mass is 376 g/mol. The molecule has 0 saturated carbocycles. The van der Waals surface area contributed by atoms with E-state index < -0.39 is 0 Å². The minimum atomic E-state index is -0.247. The van der Waals surface area contributed by atoms with Crippen LogP contribution in [0.25, 0.3) is 0 Å². The Morgan fingerprint density at radius 3 is 2.85 bits per heavy atom. The lowest BCUT2D eigenvalue weighted by molar-refractivity contribution is -0.128. The molecule has 1 aromatic carbocycles. The Morgan fingerprint density at radius 1 is 1.33 bits per heavy atom. The molecule has 2 aliphatic rings. The fourth-order valence-electron chi connectivity index (χ4n) is 3.49. The minimum absolute atomic E-state index is 0.00543. The predicted molar refractivity (Wildman–Crippen MR) is 99.2 cm³/mol. The third-order valence-electron chi connectivity index (χ3n) is 5.05. The molecule has 2 unspecified atom stereocenters. The van der Waals surface area contributed by atoms with Crippen molar-refractivity contribution in [2.24, 2.45) is 0 Å². The highest BCUT2D eigenvalue weighted by Crippen LogP contribution is 2.19. The Kier molecular flexibility index (Phi) is 7.06. The number of hydrogen-bond donors (Lipinski definition) is 2. The first-order chi connectivity index (χ1) is 13.2. The van der Waals surface area contributed by atoms with Gasteiger partial charge in [0.2, 0.25) is 11.8 Å². The second-order valence-electron chi connectivity index (χ2n) is 7.08. The molecule has 2 fully saturated rings. The van der Waals surface area contributed by atoms with Gasteiger partial charge in [-0.3, -0.25) is 9.59 Å². The van der Waals surface area contributed by atoms with Gasteiger partial charge in [0.1, 0.15) is 11.9 Å². The number of nitrogens with zero attached hydrogens (tertiary/aromatic N) is 1. The fourth-order valence-corrected chi connectivity index (χ4v) is 3.49. The van der Waals surface area contributed by atoms with E-state index in [1.54, 1.807) is 0 Å². The lowest BCUT2D eigenvalue weighted by atomic mass is 10.1. The molecular weight excluding hydrogens is 348 g/mol. The largest absolute Gasteiger partial charge is 0.486 e. The highest BCUT2D eigenvalue weighted by atomic mass is 16.5. The van der Waals surface area contributed by atoms with Crippen molar-refractivity contribution < 1.29 is 24.2 Å². The van der Waals surface area contributed by atoms with E-state index in [9.17, 15) is 9.59 Å². The Balaban J connectivity index is 1.45. The number of likely N-dealkylation sites (tertiary alicyclic amines) is 1. The lowest BCUT2D eigenvalue weighted by Gasteiger charge is -2.32. The van der Waals surface area contributed by atoms with Gasteiger partial charge >= 0.3 is 0 Å². The number of aliphatic hydroxyl groups is 1. The van der Waals surface area contributed by atoms with E-state index in [2.05, 4.69) is 5.32 Å². The van der Waals surface area contributed by atoms with Crippen molar-refractivity contribution in [3.8, 4) is 5.75 Å². The maximum absolute atomic E-state index is 12.3. The van der Waals surface area contributed by atoms with Crippen LogP contribution in [0.4, 0.5) is 0 Å². The number of hydrogen-bond acceptors (Lipinski definition) is 5. The molecule has 0 aliphatic carbocycles. The molecule has 27 heavy (non-hydrogen) atoms.